The molecule has 1 aliphatic rings. The van der Waals surface area contributed by atoms with Gasteiger partial charge in [-0.15, -0.1) is 0 Å². The Kier molecular flexibility index (Phi) is 5.40. The first-order chi connectivity index (χ1) is 9.95. The predicted octanol–water partition coefficient (Wildman–Crippen LogP) is 1.51. The molecule has 120 valence electrons. The molecule has 2 rings (SSSR count). The van der Waals surface area contributed by atoms with Gasteiger partial charge in [0.2, 0.25) is 0 Å². The number of H-pyrrole nitrogens is 1. The lowest BCUT2D eigenvalue weighted by molar-refractivity contribution is 0.231. The normalized spacial score (nSPS) is 19.8. The second kappa shape index (κ2) is 6.89. The second-order valence-corrected chi connectivity index (χ2v) is 7.72. The van der Waals surface area contributed by atoms with Crippen molar-refractivity contribution in [3.05, 3.63) is 12.0 Å². The Labute approximate surface area is 127 Å². The zero-order valence-corrected chi connectivity index (χ0v) is 13.9. The highest BCUT2D eigenvalue weighted by molar-refractivity contribution is 7.89. The fourth-order valence-electron chi connectivity index (χ4n) is 2.82. The number of rotatable bonds is 6. The van der Waals surface area contributed by atoms with Gasteiger partial charge in [0.05, 0.1) is 6.20 Å². The molecule has 0 spiro atoms. The maximum absolute atomic E-state index is 12.5. The fourth-order valence-corrected chi connectivity index (χ4v) is 4.26. The fraction of sp³-hybridized carbons (Fsp3) is 0.786. The third kappa shape index (κ3) is 3.84. The molecular weight excluding hydrogens is 288 g/mol. The van der Waals surface area contributed by atoms with Crippen LogP contribution in [0.2, 0.25) is 0 Å². The number of piperidine rings is 1. The number of aryl methyl sites for hydroxylation is 1. The number of hydrogen-bond donors (Lipinski definition) is 2. The smallest absolute Gasteiger partial charge is 0.260 e. The van der Waals surface area contributed by atoms with Crippen LogP contribution in [-0.2, 0) is 10.0 Å². The van der Waals surface area contributed by atoms with Crippen molar-refractivity contribution in [1.29, 1.82) is 0 Å². The van der Waals surface area contributed by atoms with Gasteiger partial charge >= 0.3 is 0 Å². The Hall–Kier alpha value is -0.920. The molecule has 1 fully saturated rings. The van der Waals surface area contributed by atoms with Gasteiger partial charge in [-0.05, 0) is 45.6 Å². The van der Waals surface area contributed by atoms with Crippen molar-refractivity contribution in [3.8, 4) is 0 Å². The molecule has 1 aromatic heterocycles. The first-order valence-corrected chi connectivity index (χ1v) is 9.14. The Bertz CT molecular complexity index is 547. The zero-order valence-electron chi connectivity index (χ0n) is 13.1. The summed E-state index contributed by atoms with van der Waals surface area (Å²) >= 11 is 0. The molecule has 0 aliphatic carbocycles. The van der Waals surface area contributed by atoms with Crippen LogP contribution in [0.1, 0.15) is 38.9 Å². The lowest BCUT2D eigenvalue weighted by Gasteiger charge is -2.34. The number of nitrogens with zero attached hydrogens (tertiary/aromatic N) is 2. The van der Waals surface area contributed by atoms with Gasteiger partial charge in [0.1, 0.15) is 5.82 Å². The van der Waals surface area contributed by atoms with Crippen molar-refractivity contribution >= 4 is 10.0 Å². The lowest BCUT2D eigenvalue weighted by Crippen LogP contribution is -2.44. The largest absolute Gasteiger partial charge is 0.332 e. The van der Waals surface area contributed by atoms with Crippen LogP contribution in [0, 0.1) is 12.8 Å². The van der Waals surface area contributed by atoms with E-state index in [4.69, 9.17) is 0 Å². The Morgan fingerprint density at radius 3 is 2.67 bits per heavy atom. The molecule has 1 aliphatic heterocycles. The molecule has 6 nitrogen and oxygen atoms in total. The number of imidazole rings is 1. The number of aromatic amines is 1. The summed E-state index contributed by atoms with van der Waals surface area (Å²) in [5.74, 6) is 1.17. The van der Waals surface area contributed by atoms with Gasteiger partial charge in [-0.1, -0.05) is 6.92 Å². The van der Waals surface area contributed by atoms with Crippen molar-refractivity contribution in [1.82, 2.24) is 19.6 Å². The molecular formula is C14H26N4O2S. The Balaban J connectivity index is 1.94. The number of aromatic nitrogens is 2. The highest BCUT2D eigenvalue weighted by Gasteiger charge is 2.32. The van der Waals surface area contributed by atoms with Crippen molar-refractivity contribution in [2.24, 2.45) is 5.92 Å². The van der Waals surface area contributed by atoms with Gasteiger partial charge in [-0.3, -0.25) is 0 Å². The van der Waals surface area contributed by atoms with Gasteiger partial charge in [0.25, 0.3) is 10.0 Å². The first-order valence-electron chi connectivity index (χ1n) is 7.70. The molecule has 0 amide bonds. The van der Waals surface area contributed by atoms with Gasteiger partial charge in [0, 0.05) is 19.1 Å². The average Bonchev–Trinajstić information content (AvgIpc) is 2.92. The Morgan fingerprint density at radius 1 is 1.48 bits per heavy atom. The molecule has 1 saturated heterocycles. The number of sulfonamides is 1. The molecule has 21 heavy (non-hydrogen) atoms. The first kappa shape index (κ1) is 16.5. The maximum atomic E-state index is 12.5. The second-order valence-electron chi connectivity index (χ2n) is 5.82. The maximum Gasteiger partial charge on any atom is 0.260 e. The van der Waals surface area contributed by atoms with Crippen LogP contribution in [0.4, 0.5) is 0 Å². The highest BCUT2D eigenvalue weighted by atomic mass is 32.2. The molecule has 2 heterocycles. The van der Waals surface area contributed by atoms with E-state index in [-0.39, 0.29) is 5.03 Å². The quantitative estimate of drug-likeness (QED) is 0.834. The van der Waals surface area contributed by atoms with Crippen molar-refractivity contribution in [2.75, 3.05) is 19.6 Å². The molecule has 0 saturated carbocycles. The molecule has 0 radical (unpaired) electrons. The van der Waals surface area contributed by atoms with Crippen LogP contribution in [0.3, 0.4) is 0 Å². The molecule has 7 heteroatoms. The Morgan fingerprint density at radius 2 is 2.14 bits per heavy atom. The summed E-state index contributed by atoms with van der Waals surface area (Å²) < 4.78 is 26.5. The molecule has 1 aromatic rings. The van der Waals surface area contributed by atoms with Crippen LogP contribution < -0.4 is 5.32 Å². The molecule has 0 aromatic carbocycles. The van der Waals surface area contributed by atoms with E-state index < -0.39 is 10.0 Å². The van der Waals surface area contributed by atoms with E-state index in [1.807, 2.05) is 0 Å². The SMILES string of the molecule is CCCNC(C)C1CCN(S(=O)(=O)c2cnc(C)[nH]2)CC1. The van der Waals surface area contributed by atoms with Gasteiger partial charge in [0.15, 0.2) is 5.03 Å². The zero-order chi connectivity index (χ0) is 15.5. The van der Waals surface area contributed by atoms with E-state index in [1.54, 1.807) is 11.2 Å². The van der Waals surface area contributed by atoms with Crippen LogP contribution >= 0.6 is 0 Å². The lowest BCUT2D eigenvalue weighted by atomic mass is 9.91. The van der Waals surface area contributed by atoms with Gasteiger partial charge in [-0.2, -0.15) is 4.31 Å². The van der Waals surface area contributed by atoms with Gasteiger partial charge in [-0.25, -0.2) is 13.4 Å². The predicted molar refractivity (Wildman–Crippen MR) is 82.6 cm³/mol. The summed E-state index contributed by atoms with van der Waals surface area (Å²) in [5.41, 5.74) is 0. The minimum Gasteiger partial charge on any atom is -0.332 e. The summed E-state index contributed by atoms with van der Waals surface area (Å²) in [5, 5.41) is 3.71. The van der Waals surface area contributed by atoms with E-state index in [0.717, 1.165) is 25.8 Å². The standard InChI is InChI=1S/C14H26N4O2S/c1-4-7-15-11(2)13-5-8-18(9-6-13)21(19,20)14-10-16-12(3)17-14/h10-11,13,15H,4-9H2,1-3H3,(H,16,17). The van der Waals surface area contributed by atoms with E-state index >= 15 is 0 Å². The summed E-state index contributed by atoms with van der Waals surface area (Å²) in [7, 11) is -3.41. The molecule has 2 N–H and O–H groups in total. The van der Waals surface area contributed by atoms with E-state index in [0.29, 0.717) is 30.9 Å². The van der Waals surface area contributed by atoms with Crippen LogP contribution in [0.25, 0.3) is 0 Å². The average molecular weight is 314 g/mol. The topological polar surface area (TPSA) is 78.1 Å². The summed E-state index contributed by atoms with van der Waals surface area (Å²) in [4.78, 5) is 6.81. The minimum atomic E-state index is -3.41. The summed E-state index contributed by atoms with van der Waals surface area (Å²) in [6.45, 7) is 8.30. The number of hydrogen-bond acceptors (Lipinski definition) is 4. The molecule has 1 unspecified atom stereocenters. The van der Waals surface area contributed by atoms with Crippen molar-refractivity contribution in [3.63, 3.8) is 0 Å². The number of nitrogens with one attached hydrogen (secondary N) is 2. The van der Waals surface area contributed by atoms with E-state index in [2.05, 4.69) is 29.1 Å². The van der Waals surface area contributed by atoms with E-state index in [1.165, 1.54) is 6.20 Å². The minimum absolute atomic E-state index is 0.204. The van der Waals surface area contributed by atoms with Crippen molar-refractivity contribution in [2.45, 2.75) is 51.1 Å². The van der Waals surface area contributed by atoms with Crippen molar-refractivity contribution < 1.29 is 8.42 Å². The third-order valence-electron chi connectivity index (χ3n) is 4.22. The molecule has 1 atom stereocenters. The summed E-state index contributed by atoms with van der Waals surface area (Å²) in [6.07, 6.45) is 4.34. The van der Waals surface area contributed by atoms with Gasteiger partial charge < -0.3 is 10.3 Å². The highest BCUT2D eigenvalue weighted by Crippen LogP contribution is 2.25. The van der Waals surface area contributed by atoms with Crippen LogP contribution in [0.5, 0.6) is 0 Å². The molecule has 0 bridgehead atoms. The monoisotopic (exact) mass is 314 g/mol. The van der Waals surface area contributed by atoms with E-state index in [9.17, 15) is 8.42 Å². The summed E-state index contributed by atoms with van der Waals surface area (Å²) in [6, 6.07) is 0.448. The van der Waals surface area contributed by atoms with Crippen LogP contribution in [-0.4, -0.2) is 48.4 Å². The van der Waals surface area contributed by atoms with Crippen LogP contribution in [0.15, 0.2) is 11.2 Å². The third-order valence-corrected chi connectivity index (χ3v) is 6.03.